The van der Waals surface area contributed by atoms with Crippen LogP contribution >= 0.6 is 0 Å². The molecule has 7 heteroatoms. The Balaban J connectivity index is 3.18. The van der Waals surface area contributed by atoms with Gasteiger partial charge in [0.15, 0.2) is 5.92 Å². The number of carbonyl (C=O) groups excluding carboxylic acids is 2. The Hall–Kier alpha value is -2.18. The molecule has 0 aromatic carbocycles. The van der Waals surface area contributed by atoms with Crippen molar-refractivity contribution >= 4 is 11.9 Å². The highest BCUT2D eigenvalue weighted by atomic mass is 16.6. The zero-order valence-corrected chi connectivity index (χ0v) is 12.0. The van der Waals surface area contributed by atoms with Gasteiger partial charge in [0.2, 0.25) is 5.88 Å². The summed E-state index contributed by atoms with van der Waals surface area (Å²) in [5.74, 6) is -1.98. The third-order valence-electron chi connectivity index (χ3n) is 2.38. The molecule has 0 unspecified atom stereocenters. The van der Waals surface area contributed by atoms with E-state index >= 15 is 0 Å². The standard InChI is InChI=1S/C13H18N2O5/c1-5-19-12(16)11(13(17)20-6-2)9-7-10(18-4)15-8(3)14-9/h7,11H,5-6H2,1-4H3. The average Bonchev–Trinajstić information content (AvgIpc) is 2.38. The summed E-state index contributed by atoms with van der Waals surface area (Å²) < 4.78 is 14.8. The van der Waals surface area contributed by atoms with Crippen LogP contribution in [0.1, 0.15) is 31.3 Å². The predicted octanol–water partition coefficient (Wildman–Crippen LogP) is 1.00. The van der Waals surface area contributed by atoms with Crippen LogP contribution in [0.3, 0.4) is 0 Å². The van der Waals surface area contributed by atoms with Crippen molar-refractivity contribution in [3.05, 3.63) is 17.6 Å². The van der Waals surface area contributed by atoms with Crippen LogP contribution in [0.4, 0.5) is 0 Å². The van der Waals surface area contributed by atoms with Gasteiger partial charge in [-0.05, 0) is 20.8 Å². The molecule has 0 N–H and O–H groups in total. The van der Waals surface area contributed by atoms with Crippen molar-refractivity contribution < 1.29 is 23.8 Å². The van der Waals surface area contributed by atoms with Gasteiger partial charge < -0.3 is 14.2 Å². The zero-order chi connectivity index (χ0) is 15.1. The molecule has 0 amide bonds. The van der Waals surface area contributed by atoms with Gasteiger partial charge in [0.05, 0.1) is 26.0 Å². The van der Waals surface area contributed by atoms with Crippen molar-refractivity contribution in [2.45, 2.75) is 26.7 Å². The summed E-state index contributed by atoms with van der Waals surface area (Å²) in [4.78, 5) is 32.0. The molecule has 1 heterocycles. The van der Waals surface area contributed by atoms with Crippen LogP contribution in [0.25, 0.3) is 0 Å². The summed E-state index contributed by atoms with van der Waals surface area (Å²) in [6, 6.07) is 1.42. The Labute approximate surface area is 117 Å². The molecule has 0 saturated carbocycles. The van der Waals surface area contributed by atoms with E-state index in [0.717, 1.165) is 0 Å². The van der Waals surface area contributed by atoms with Gasteiger partial charge in [-0.15, -0.1) is 0 Å². The summed E-state index contributed by atoms with van der Waals surface area (Å²) in [5.41, 5.74) is 0.200. The highest BCUT2D eigenvalue weighted by molar-refractivity contribution is 6.00. The molecular weight excluding hydrogens is 264 g/mol. The number of ether oxygens (including phenoxy) is 3. The number of esters is 2. The summed E-state index contributed by atoms with van der Waals surface area (Å²) in [5, 5.41) is 0. The van der Waals surface area contributed by atoms with E-state index in [9.17, 15) is 9.59 Å². The topological polar surface area (TPSA) is 87.6 Å². The van der Waals surface area contributed by atoms with Crippen LogP contribution in [-0.4, -0.2) is 42.2 Å². The van der Waals surface area contributed by atoms with Gasteiger partial charge in [-0.2, -0.15) is 4.98 Å². The number of methoxy groups -OCH3 is 1. The first-order valence-corrected chi connectivity index (χ1v) is 6.26. The van der Waals surface area contributed by atoms with Crippen molar-refractivity contribution in [3.8, 4) is 5.88 Å². The lowest BCUT2D eigenvalue weighted by Crippen LogP contribution is -2.27. The van der Waals surface area contributed by atoms with E-state index in [-0.39, 0.29) is 24.8 Å². The molecule has 110 valence electrons. The molecule has 7 nitrogen and oxygen atoms in total. The van der Waals surface area contributed by atoms with Crippen molar-refractivity contribution in [2.75, 3.05) is 20.3 Å². The zero-order valence-electron chi connectivity index (χ0n) is 12.0. The van der Waals surface area contributed by atoms with E-state index in [1.54, 1.807) is 20.8 Å². The van der Waals surface area contributed by atoms with Crippen LogP contribution in [-0.2, 0) is 19.1 Å². The molecule has 0 saturated heterocycles. The molecule has 1 aromatic heterocycles. The van der Waals surface area contributed by atoms with Crippen LogP contribution in [0.15, 0.2) is 6.07 Å². The largest absolute Gasteiger partial charge is 0.481 e. The lowest BCUT2D eigenvalue weighted by molar-refractivity contribution is -0.157. The normalized spacial score (nSPS) is 10.2. The van der Waals surface area contributed by atoms with Crippen molar-refractivity contribution in [3.63, 3.8) is 0 Å². The first-order chi connectivity index (χ1) is 9.53. The predicted molar refractivity (Wildman–Crippen MR) is 69.3 cm³/mol. The summed E-state index contributed by atoms with van der Waals surface area (Å²) in [6.45, 7) is 5.28. The molecule has 0 radical (unpaired) electrons. The smallest absolute Gasteiger partial charge is 0.326 e. The molecule has 20 heavy (non-hydrogen) atoms. The second kappa shape index (κ2) is 7.42. The Morgan fingerprint density at radius 2 is 1.70 bits per heavy atom. The van der Waals surface area contributed by atoms with Gasteiger partial charge in [-0.25, -0.2) is 4.98 Å². The van der Waals surface area contributed by atoms with Crippen molar-refractivity contribution in [1.29, 1.82) is 0 Å². The molecular formula is C13H18N2O5. The lowest BCUT2D eigenvalue weighted by atomic mass is 10.1. The Kier molecular flexibility index (Phi) is 5.89. The molecule has 0 aliphatic rings. The van der Waals surface area contributed by atoms with Crippen molar-refractivity contribution in [2.24, 2.45) is 0 Å². The number of hydrogen-bond acceptors (Lipinski definition) is 7. The number of rotatable bonds is 6. The molecule has 1 rings (SSSR count). The van der Waals surface area contributed by atoms with Gasteiger partial charge in [0.25, 0.3) is 0 Å². The maximum Gasteiger partial charge on any atom is 0.326 e. The summed E-state index contributed by atoms with van der Waals surface area (Å²) in [6.07, 6.45) is 0. The monoisotopic (exact) mass is 282 g/mol. The quantitative estimate of drug-likeness (QED) is 0.568. The number of nitrogens with zero attached hydrogens (tertiary/aromatic N) is 2. The first-order valence-electron chi connectivity index (χ1n) is 6.26. The molecule has 0 aliphatic heterocycles. The minimum absolute atomic E-state index is 0.163. The molecule has 0 aliphatic carbocycles. The summed E-state index contributed by atoms with van der Waals surface area (Å²) in [7, 11) is 1.44. The first kappa shape index (κ1) is 15.9. The number of hydrogen-bond donors (Lipinski definition) is 0. The maximum absolute atomic E-state index is 11.9. The minimum atomic E-state index is -1.23. The molecule has 0 fully saturated rings. The molecule has 1 aromatic rings. The number of aromatic nitrogens is 2. The molecule has 0 bridgehead atoms. The Morgan fingerprint density at radius 1 is 1.15 bits per heavy atom. The summed E-state index contributed by atoms with van der Waals surface area (Å²) >= 11 is 0. The third kappa shape index (κ3) is 3.91. The SMILES string of the molecule is CCOC(=O)C(C(=O)OCC)c1cc(OC)nc(C)n1. The fourth-order valence-electron chi connectivity index (χ4n) is 1.60. The van der Waals surface area contributed by atoms with Gasteiger partial charge in [0.1, 0.15) is 5.82 Å². The van der Waals surface area contributed by atoms with E-state index < -0.39 is 17.9 Å². The molecule has 0 atom stereocenters. The van der Waals surface area contributed by atoms with Gasteiger partial charge in [0, 0.05) is 6.07 Å². The fourth-order valence-corrected chi connectivity index (χ4v) is 1.60. The van der Waals surface area contributed by atoms with Crippen LogP contribution in [0.2, 0.25) is 0 Å². The number of carbonyl (C=O) groups is 2. The van der Waals surface area contributed by atoms with E-state index in [2.05, 4.69) is 9.97 Å². The second-order valence-electron chi connectivity index (χ2n) is 3.82. The Bertz CT molecular complexity index is 472. The highest BCUT2D eigenvalue weighted by Gasteiger charge is 2.33. The highest BCUT2D eigenvalue weighted by Crippen LogP contribution is 2.21. The van der Waals surface area contributed by atoms with Gasteiger partial charge in [-0.1, -0.05) is 0 Å². The number of aryl methyl sites for hydroxylation is 1. The molecule has 0 spiro atoms. The van der Waals surface area contributed by atoms with Gasteiger partial charge in [-0.3, -0.25) is 9.59 Å². The lowest BCUT2D eigenvalue weighted by Gasteiger charge is -2.14. The third-order valence-corrected chi connectivity index (χ3v) is 2.38. The maximum atomic E-state index is 11.9. The van der Waals surface area contributed by atoms with E-state index in [1.165, 1.54) is 13.2 Å². The van der Waals surface area contributed by atoms with Gasteiger partial charge >= 0.3 is 11.9 Å². The average molecular weight is 282 g/mol. The van der Waals surface area contributed by atoms with E-state index in [1.807, 2.05) is 0 Å². The van der Waals surface area contributed by atoms with E-state index in [0.29, 0.717) is 5.82 Å². The van der Waals surface area contributed by atoms with Crippen LogP contribution < -0.4 is 4.74 Å². The minimum Gasteiger partial charge on any atom is -0.481 e. The fraction of sp³-hybridized carbons (Fsp3) is 0.538. The van der Waals surface area contributed by atoms with Crippen LogP contribution in [0.5, 0.6) is 5.88 Å². The Morgan fingerprint density at radius 3 is 2.15 bits per heavy atom. The van der Waals surface area contributed by atoms with E-state index in [4.69, 9.17) is 14.2 Å². The van der Waals surface area contributed by atoms with Crippen molar-refractivity contribution in [1.82, 2.24) is 9.97 Å². The van der Waals surface area contributed by atoms with Crippen LogP contribution in [0, 0.1) is 6.92 Å². The second-order valence-corrected chi connectivity index (χ2v) is 3.82.